The Bertz CT molecular complexity index is 723. The minimum atomic E-state index is -4.45. The van der Waals surface area contributed by atoms with Crippen LogP contribution in [0.3, 0.4) is 0 Å². The third-order valence-corrected chi connectivity index (χ3v) is 3.07. The maximum Gasteiger partial charge on any atom is 0.416 e. The summed E-state index contributed by atoms with van der Waals surface area (Å²) in [7, 11) is 0. The fourth-order valence-electron chi connectivity index (χ4n) is 1.73. The maximum atomic E-state index is 12.4. The summed E-state index contributed by atoms with van der Waals surface area (Å²) in [6, 6.07) is 4.32. The van der Waals surface area contributed by atoms with Gasteiger partial charge in [0.15, 0.2) is 5.69 Å². The van der Waals surface area contributed by atoms with Crippen LogP contribution >= 0.6 is 0 Å². The molecule has 0 aliphatic heterocycles. The van der Waals surface area contributed by atoms with Gasteiger partial charge in [0.1, 0.15) is 6.04 Å². The predicted octanol–water partition coefficient (Wildman–Crippen LogP) is 2.80. The quantitative estimate of drug-likeness (QED) is 0.904. The Kier molecular flexibility index (Phi) is 4.39. The molecule has 0 aliphatic carbocycles. The van der Waals surface area contributed by atoms with E-state index in [0.717, 1.165) is 28.9 Å². The maximum absolute atomic E-state index is 12.4. The number of anilines is 1. The highest BCUT2D eigenvalue weighted by molar-refractivity contribution is 6.02. The fraction of sp³-hybridized carbons (Fsp3) is 0.214. The van der Waals surface area contributed by atoms with Crippen molar-refractivity contribution in [2.75, 3.05) is 5.32 Å². The van der Waals surface area contributed by atoms with Crippen LogP contribution in [-0.2, 0) is 11.0 Å². The van der Waals surface area contributed by atoms with Crippen LogP contribution in [0.15, 0.2) is 36.5 Å². The zero-order valence-corrected chi connectivity index (χ0v) is 11.8. The lowest BCUT2D eigenvalue weighted by molar-refractivity contribution is -0.140. The Balaban J connectivity index is 2.09. The van der Waals surface area contributed by atoms with Crippen LogP contribution in [0.4, 0.5) is 18.9 Å². The molecule has 23 heavy (non-hydrogen) atoms. The summed E-state index contributed by atoms with van der Waals surface area (Å²) >= 11 is 0. The topological polar surface area (TPSA) is 84.2 Å². The van der Waals surface area contributed by atoms with E-state index in [-0.39, 0.29) is 11.4 Å². The minimum Gasteiger partial charge on any atom is -0.480 e. The molecule has 0 fully saturated rings. The summed E-state index contributed by atoms with van der Waals surface area (Å²) in [5.41, 5.74) is -0.697. The van der Waals surface area contributed by atoms with Gasteiger partial charge in [-0.1, -0.05) is 0 Å². The van der Waals surface area contributed by atoms with Gasteiger partial charge in [-0.3, -0.25) is 9.48 Å². The number of benzene rings is 1. The number of carboxylic acids is 1. The SMILES string of the molecule is CC(C(=O)O)n1ccc(C(=O)Nc2ccc(C(F)(F)F)cc2)n1. The van der Waals surface area contributed by atoms with E-state index in [2.05, 4.69) is 10.4 Å². The highest BCUT2D eigenvalue weighted by Gasteiger charge is 2.30. The van der Waals surface area contributed by atoms with Crippen LogP contribution in [0.25, 0.3) is 0 Å². The summed E-state index contributed by atoms with van der Waals surface area (Å²) in [5, 5.41) is 15.1. The molecule has 1 aromatic heterocycles. The van der Waals surface area contributed by atoms with Crippen LogP contribution in [0.2, 0.25) is 0 Å². The molecule has 1 aromatic carbocycles. The summed E-state index contributed by atoms with van der Waals surface area (Å²) in [6.45, 7) is 1.40. The predicted molar refractivity (Wildman–Crippen MR) is 74.0 cm³/mol. The number of carboxylic acid groups (broad SMARTS) is 1. The second-order valence-electron chi connectivity index (χ2n) is 4.72. The molecule has 9 heteroatoms. The normalized spacial score (nSPS) is 12.7. The number of nitrogens with one attached hydrogen (secondary N) is 1. The zero-order valence-electron chi connectivity index (χ0n) is 11.8. The van der Waals surface area contributed by atoms with Crippen molar-refractivity contribution in [3.05, 3.63) is 47.8 Å². The molecule has 0 radical (unpaired) electrons. The second kappa shape index (κ2) is 6.11. The molecule has 0 bridgehead atoms. The molecule has 122 valence electrons. The van der Waals surface area contributed by atoms with Gasteiger partial charge in [-0.15, -0.1) is 0 Å². The Morgan fingerprint density at radius 2 is 1.83 bits per heavy atom. The van der Waals surface area contributed by atoms with E-state index >= 15 is 0 Å². The highest BCUT2D eigenvalue weighted by atomic mass is 19.4. The number of rotatable bonds is 4. The van der Waals surface area contributed by atoms with Gasteiger partial charge < -0.3 is 10.4 Å². The van der Waals surface area contributed by atoms with E-state index in [0.29, 0.717) is 0 Å². The molecule has 0 aliphatic rings. The third-order valence-electron chi connectivity index (χ3n) is 3.07. The van der Waals surface area contributed by atoms with E-state index in [4.69, 9.17) is 5.11 Å². The molecule has 2 rings (SSSR count). The number of halogens is 3. The smallest absolute Gasteiger partial charge is 0.416 e. The Morgan fingerprint density at radius 3 is 2.35 bits per heavy atom. The number of carbonyl (C=O) groups is 2. The third kappa shape index (κ3) is 3.87. The first-order chi connectivity index (χ1) is 10.7. The first-order valence-electron chi connectivity index (χ1n) is 6.45. The van der Waals surface area contributed by atoms with Crippen molar-refractivity contribution in [1.82, 2.24) is 9.78 Å². The molecule has 1 amide bonds. The largest absolute Gasteiger partial charge is 0.480 e. The number of hydrogen-bond acceptors (Lipinski definition) is 3. The van der Waals surface area contributed by atoms with Crippen molar-refractivity contribution in [3.8, 4) is 0 Å². The molecule has 2 N–H and O–H groups in total. The lowest BCUT2D eigenvalue weighted by atomic mass is 10.2. The summed E-state index contributed by atoms with van der Waals surface area (Å²) in [6.07, 6.45) is -3.12. The molecule has 0 saturated heterocycles. The van der Waals surface area contributed by atoms with Crippen molar-refractivity contribution in [2.45, 2.75) is 19.1 Å². The van der Waals surface area contributed by atoms with E-state index in [9.17, 15) is 22.8 Å². The molecule has 6 nitrogen and oxygen atoms in total. The lowest BCUT2D eigenvalue weighted by Crippen LogP contribution is -2.18. The summed E-state index contributed by atoms with van der Waals surface area (Å²) in [5.74, 6) is -1.76. The van der Waals surface area contributed by atoms with Gasteiger partial charge in [-0.05, 0) is 37.3 Å². The van der Waals surface area contributed by atoms with E-state index in [1.165, 1.54) is 19.2 Å². The van der Waals surface area contributed by atoms with Crippen molar-refractivity contribution in [2.24, 2.45) is 0 Å². The van der Waals surface area contributed by atoms with Crippen molar-refractivity contribution in [1.29, 1.82) is 0 Å². The Hall–Kier alpha value is -2.84. The molecule has 2 aromatic rings. The molecule has 1 unspecified atom stereocenters. The molecule has 0 spiro atoms. The number of aromatic nitrogens is 2. The molecule has 1 heterocycles. The van der Waals surface area contributed by atoms with Crippen LogP contribution in [-0.4, -0.2) is 26.8 Å². The van der Waals surface area contributed by atoms with Crippen molar-refractivity contribution < 1.29 is 27.9 Å². The average molecular weight is 327 g/mol. The number of nitrogens with zero attached hydrogens (tertiary/aromatic N) is 2. The first-order valence-corrected chi connectivity index (χ1v) is 6.45. The van der Waals surface area contributed by atoms with E-state index < -0.39 is 29.7 Å². The van der Waals surface area contributed by atoms with Gasteiger partial charge in [0, 0.05) is 11.9 Å². The van der Waals surface area contributed by atoms with Crippen molar-refractivity contribution in [3.63, 3.8) is 0 Å². The monoisotopic (exact) mass is 327 g/mol. The van der Waals surface area contributed by atoms with Crippen LogP contribution in [0, 0.1) is 0 Å². The Labute approximate surface area is 128 Å². The van der Waals surface area contributed by atoms with Gasteiger partial charge in [-0.2, -0.15) is 18.3 Å². The number of alkyl halides is 3. The molecular weight excluding hydrogens is 315 g/mol. The van der Waals surface area contributed by atoms with Gasteiger partial charge in [0.05, 0.1) is 5.56 Å². The van der Waals surface area contributed by atoms with Gasteiger partial charge in [0.25, 0.3) is 5.91 Å². The van der Waals surface area contributed by atoms with E-state index in [1.54, 1.807) is 0 Å². The zero-order chi connectivity index (χ0) is 17.2. The van der Waals surface area contributed by atoms with Crippen LogP contribution in [0.5, 0.6) is 0 Å². The van der Waals surface area contributed by atoms with Crippen molar-refractivity contribution >= 4 is 17.6 Å². The van der Waals surface area contributed by atoms with E-state index in [1.807, 2.05) is 0 Å². The first kappa shape index (κ1) is 16.5. The summed E-state index contributed by atoms with van der Waals surface area (Å²) in [4.78, 5) is 22.8. The molecular formula is C14H12F3N3O3. The highest BCUT2D eigenvalue weighted by Crippen LogP contribution is 2.29. The lowest BCUT2D eigenvalue weighted by Gasteiger charge is -2.08. The second-order valence-corrected chi connectivity index (χ2v) is 4.72. The number of carbonyl (C=O) groups excluding carboxylic acids is 1. The molecule has 0 saturated carbocycles. The minimum absolute atomic E-state index is 0.0435. The van der Waals surface area contributed by atoms with Crippen LogP contribution in [0.1, 0.15) is 29.0 Å². The van der Waals surface area contributed by atoms with Crippen LogP contribution < -0.4 is 5.32 Å². The summed E-state index contributed by atoms with van der Waals surface area (Å²) < 4.78 is 38.4. The Morgan fingerprint density at radius 1 is 1.22 bits per heavy atom. The number of aliphatic carboxylic acids is 1. The average Bonchev–Trinajstić information content (AvgIpc) is 2.95. The standard InChI is InChI=1S/C14H12F3N3O3/c1-8(13(22)23)20-7-6-11(19-20)12(21)18-10-4-2-9(3-5-10)14(15,16)17/h2-8H,1H3,(H,18,21)(H,22,23). The van der Waals surface area contributed by atoms with Gasteiger partial charge in [-0.25, -0.2) is 4.79 Å². The van der Waals surface area contributed by atoms with Gasteiger partial charge in [0.2, 0.25) is 0 Å². The van der Waals surface area contributed by atoms with Gasteiger partial charge >= 0.3 is 12.1 Å². The fourth-order valence-corrected chi connectivity index (χ4v) is 1.73. The number of amides is 1. The molecule has 1 atom stereocenters. The number of hydrogen-bond donors (Lipinski definition) is 2.